The van der Waals surface area contributed by atoms with Crippen LogP contribution in [0, 0.1) is 0 Å². The lowest BCUT2D eigenvalue weighted by molar-refractivity contribution is -0.116. The number of benzene rings is 1. The van der Waals surface area contributed by atoms with E-state index in [0.29, 0.717) is 17.7 Å². The highest BCUT2D eigenvalue weighted by atomic mass is 16.5. The normalized spacial score (nSPS) is 18.2. The molecular weight excluding hydrogens is 244 g/mol. The molecule has 0 radical (unpaired) electrons. The molecular formula is C14H18N2O3. The van der Waals surface area contributed by atoms with Crippen LogP contribution >= 0.6 is 0 Å². The maximum atomic E-state index is 11.8. The summed E-state index contributed by atoms with van der Waals surface area (Å²) in [7, 11) is 0. The standard InChI is InChI=1S/C14H18N2O3/c15-14(18)10-3-1-4-11(9-10)16-13(17)7-6-12-5-2-8-19-12/h1,3-4,9,12H,2,5-8H2,(H2,15,18)(H,16,17)/t12-/m0/s1. The number of hydrogen-bond acceptors (Lipinski definition) is 3. The van der Waals surface area contributed by atoms with Gasteiger partial charge in [0, 0.05) is 24.3 Å². The van der Waals surface area contributed by atoms with Crippen molar-refractivity contribution in [1.82, 2.24) is 0 Å². The van der Waals surface area contributed by atoms with E-state index in [0.717, 1.165) is 25.9 Å². The lowest BCUT2D eigenvalue weighted by atomic mass is 10.1. The van der Waals surface area contributed by atoms with E-state index in [4.69, 9.17) is 10.5 Å². The summed E-state index contributed by atoms with van der Waals surface area (Å²) in [5, 5.41) is 2.76. The Balaban J connectivity index is 1.84. The van der Waals surface area contributed by atoms with E-state index in [-0.39, 0.29) is 12.0 Å². The van der Waals surface area contributed by atoms with Crippen LogP contribution in [0.2, 0.25) is 0 Å². The highest BCUT2D eigenvalue weighted by Gasteiger charge is 2.16. The van der Waals surface area contributed by atoms with Gasteiger partial charge in [0.15, 0.2) is 0 Å². The van der Waals surface area contributed by atoms with Crippen LogP contribution in [-0.4, -0.2) is 24.5 Å². The molecule has 0 unspecified atom stereocenters. The first-order valence-corrected chi connectivity index (χ1v) is 6.46. The van der Waals surface area contributed by atoms with Crippen molar-refractivity contribution in [2.45, 2.75) is 31.8 Å². The predicted octanol–water partition coefficient (Wildman–Crippen LogP) is 1.68. The van der Waals surface area contributed by atoms with E-state index >= 15 is 0 Å². The Morgan fingerprint density at radius 3 is 2.95 bits per heavy atom. The van der Waals surface area contributed by atoms with Crippen LogP contribution in [0.5, 0.6) is 0 Å². The van der Waals surface area contributed by atoms with Gasteiger partial charge >= 0.3 is 0 Å². The number of carbonyl (C=O) groups is 2. The zero-order valence-electron chi connectivity index (χ0n) is 10.7. The second-order valence-electron chi connectivity index (χ2n) is 4.67. The SMILES string of the molecule is NC(=O)c1cccc(NC(=O)CC[C@@H]2CCCO2)c1. The molecule has 1 heterocycles. The maximum absolute atomic E-state index is 11.8. The van der Waals surface area contributed by atoms with Gasteiger partial charge in [0.1, 0.15) is 0 Å². The zero-order chi connectivity index (χ0) is 13.7. The molecule has 0 saturated carbocycles. The van der Waals surface area contributed by atoms with Crippen LogP contribution in [0.15, 0.2) is 24.3 Å². The van der Waals surface area contributed by atoms with Crippen molar-refractivity contribution in [3.05, 3.63) is 29.8 Å². The second kappa shape index (κ2) is 6.33. The minimum Gasteiger partial charge on any atom is -0.378 e. The van der Waals surface area contributed by atoms with Crippen molar-refractivity contribution < 1.29 is 14.3 Å². The second-order valence-corrected chi connectivity index (χ2v) is 4.67. The van der Waals surface area contributed by atoms with Gasteiger partial charge in [0.25, 0.3) is 0 Å². The molecule has 0 spiro atoms. The molecule has 0 aliphatic carbocycles. The number of primary amides is 1. The van der Waals surface area contributed by atoms with E-state index in [1.165, 1.54) is 0 Å². The molecule has 0 bridgehead atoms. The van der Waals surface area contributed by atoms with E-state index in [9.17, 15) is 9.59 Å². The molecule has 1 fully saturated rings. The highest BCUT2D eigenvalue weighted by Crippen LogP contribution is 2.17. The Morgan fingerprint density at radius 1 is 1.42 bits per heavy atom. The van der Waals surface area contributed by atoms with Gasteiger partial charge in [0.05, 0.1) is 6.10 Å². The third-order valence-electron chi connectivity index (χ3n) is 3.15. The molecule has 1 aliphatic rings. The molecule has 1 saturated heterocycles. The number of carbonyl (C=O) groups excluding carboxylic acids is 2. The first-order chi connectivity index (χ1) is 9.15. The van der Waals surface area contributed by atoms with Gasteiger partial charge in [-0.05, 0) is 37.5 Å². The molecule has 5 nitrogen and oxygen atoms in total. The van der Waals surface area contributed by atoms with Crippen LogP contribution in [-0.2, 0) is 9.53 Å². The van der Waals surface area contributed by atoms with Gasteiger partial charge in [-0.1, -0.05) is 6.07 Å². The minimum atomic E-state index is -0.504. The Kier molecular flexibility index (Phi) is 4.52. The highest BCUT2D eigenvalue weighted by molar-refractivity contribution is 5.96. The van der Waals surface area contributed by atoms with Gasteiger partial charge in [-0.2, -0.15) is 0 Å². The Morgan fingerprint density at radius 2 is 2.26 bits per heavy atom. The number of amides is 2. The average molecular weight is 262 g/mol. The van der Waals surface area contributed by atoms with Crippen molar-refractivity contribution in [3.63, 3.8) is 0 Å². The van der Waals surface area contributed by atoms with E-state index in [1.807, 2.05) is 0 Å². The summed E-state index contributed by atoms with van der Waals surface area (Å²) in [4.78, 5) is 22.8. The molecule has 2 amide bonds. The van der Waals surface area contributed by atoms with Gasteiger partial charge < -0.3 is 15.8 Å². The maximum Gasteiger partial charge on any atom is 0.248 e. The van der Waals surface area contributed by atoms with Crippen molar-refractivity contribution in [3.8, 4) is 0 Å². The quantitative estimate of drug-likeness (QED) is 0.847. The molecule has 1 aliphatic heterocycles. The van der Waals surface area contributed by atoms with Crippen LogP contribution in [0.3, 0.4) is 0 Å². The summed E-state index contributed by atoms with van der Waals surface area (Å²) >= 11 is 0. The first-order valence-electron chi connectivity index (χ1n) is 6.46. The van der Waals surface area contributed by atoms with Crippen LogP contribution in [0.1, 0.15) is 36.0 Å². The number of nitrogens with two attached hydrogens (primary N) is 1. The fourth-order valence-electron chi connectivity index (χ4n) is 2.14. The van der Waals surface area contributed by atoms with Crippen molar-refractivity contribution in [2.24, 2.45) is 5.73 Å². The molecule has 19 heavy (non-hydrogen) atoms. The third-order valence-corrected chi connectivity index (χ3v) is 3.15. The van der Waals surface area contributed by atoms with Gasteiger partial charge in [-0.25, -0.2) is 0 Å². The number of nitrogens with one attached hydrogen (secondary N) is 1. The summed E-state index contributed by atoms with van der Waals surface area (Å²) < 4.78 is 5.46. The van der Waals surface area contributed by atoms with Gasteiger partial charge in [0.2, 0.25) is 11.8 Å². The lowest BCUT2D eigenvalue weighted by Gasteiger charge is -2.09. The molecule has 3 N–H and O–H groups in total. The monoisotopic (exact) mass is 262 g/mol. The largest absolute Gasteiger partial charge is 0.378 e. The fourth-order valence-corrected chi connectivity index (χ4v) is 2.14. The molecule has 5 heteroatoms. The van der Waals surface area contributed by atoms with Crippen molar-refractivity contribution in [2.75, 3.05) is 11.9 Å². The first kappa shape index (κ1) is 13.5. The van der Waals surface area contributed by atoms with E-state index < -0.39 is 5.91 Å². The molecule has 1 atom stereocenters. The summed E-state index contributed by atoms with van der Waals surface area (Å²) in [5.41, 5.74) is 6.16. The van der Waals surface area contributed by atoms with Crippen LogP contribution < -0.4 is 11.1 Å². The molecule has 2 rings (SSSR count). The average Bonchev–Trinajstić information content (AvgIpc) is 2.90. The Hall–Kier alpha value is -1.88. The van der Waals surface area contributed by atoms with E-state index in [1.54, 1.807) is 24.3 Å². The molecule has 1 aromatic carbocycles. The van der Waals surface area contributed by atoms with Crippen molar-refractivity contribution >= 4 is 17.5 Å². The zero-order valence-corrected chi connectivity index (χ0v) is 10.7. The van der Waals surface area contributed by atoms with E-state index in [2.05, 4.69) is 5.32 Å². The van der Waals surface area contributed by atoms with Crippen LogP contribution in [0.25, 0.3) is 0 Å². The van der Waals surface area contributed by atoms with Gasteiger partial charge in [-0.3, -0.25) is 9.59 Å². The fraction of sp³-hybridized carbons (Fsp3) is 0.429. The predicted molar refractivity (Wildman–Crippen MR) is 71.8 cm³/mol. The molecule has 0 aromatic heterocycles. The number of rotatable bonds is 5. The minimum absolute atomic E-state index is 0.0721. The number of anilines is 1. The topological polar surface area (TPSA) is 81.4 Å². The summed E-state index contributed by atoms with van der Waals surface area (Å²) in [6.07, 6.45) is 3.48. The molecule has 1 aromatic rings. The number of ether oxygens (including phenoxy) is 1. The molecule has 102 valence electrons. The summed E-state index contributed by atoms with van der Waals surface area (Å²) in [5.74, 6) is -0.576. The smallest absolute Gasteiger partial charge is 0.248 e. The Bertz CT molecular complexity index is 468. The number of hydrogen-bond donors (Lipinski definition) is 2. The summed E-state index contributed by atoms with van der Waals surface area (Å²) in [6.45, 7) is 0.799. The summed E-state index contributed by atoms with van der Waals surface area (Å²) in [6, 6.07) is 6.61. The van der Waals surface area contributed by atoms with Crippen LogP contribution in [0.4, 0.5) is 5.69 Å². The third kappa shape index (κ3) is 4.06. The van der Waals surface area contributed by atoms with Gasteiger partial charge in [-0.15, -0.1) is 0 Å². The van der Waals surface area contributed by atoms with Crippen molar-refractivity contribution in [1.29, 1.82) is 0 Å². The lowest BCUT2D eigenvalue weighted by Crippen LogP contribution is -2.16. The Labute approximate surface area is 112 Å².